The lowest BCUT2D eigenvalue weighted by molar-refractivity contribution is 0.104. The van der Waals surface area contributed by atoms with Crippen molar-refractivity contribution in [2.24, 2.45) is 0 Å². The fourth-order valence-electron chi connectivity index (χ4n) is 1.69. The fourth-order valence-corrected chi connectivity index (χ4v) is 1.94. The second-order valence-corrected chi connectivity index (χ2v) is 5.16. The van der Waals surface area contributed by atoms with Crippen molar-refractivity contribution in [3.63, 3.8) is 0 Å². The van der Waals surface area contributed by atoms with Gasteiger partial charge in [0.25, 0.3) is 0 Å². The van der Waals surface area contributed by atoms with Crippen molar-refractivity contribution in [1.82, 2.24) is 5.32 Å². The number of aliphatic hydroxyl groups excluding tert-OH is 1. The zero-order valence-electron chi connectivity index (χ0n) is 10.7. The van der Waals surface area contributed by atoms with E-state index in [9.17, 15) is 5.11 Å². The summed E-state index contributed by atoms with van der Waals surface area (Å²) < 4.78 is 5.65. The molecule has 0 aliphatic heterocycles. The summed E-state index contributed by atoms with van der Waals surface area (Å²) in [6, 6.07) is 6.40. The van der Waals surface area contributed by atoms with E-state index in [1.807, 2.05) is 25.1 Å². The van der Waals surface area contributed by atoms with Crippen LogP contribution in [0.1, 0.15) is 31.7 Å². The van der Waals surface area contributed by atoms with Crippen LogP contribution >= 0.6 is 11.6 Å². The summed E-state index contributed by atoms with van der Waals surface area (Å²) in [5.74, 6) is 0.694. The van der Waals surface area contributed by atoms with Gasteiger partial charge in [-0.15, -0.1) is 0 Å². The quantitative estimate of drug-likeness (QED) is 0.800. The van der Waals surface area contributed by atoms with Crippen LogP contribution in [-0.4, -0.2) is 23.9 Å². The van der Waals surface area contributed by atoms with Gasteiger partial charge in [-0.25, -0.2) is 0 Å². The highest BCUT2D eigenvalue weighted by Crippen LogP contribution is 2.30. The van der Waals surface area contributed by atoms with Gasteiger partial charge >= 0.3 is 0 Å². The van der Waals surface area contributed by atoms with Gasteiger partial charge < -0.3 is 15.2 Å². The average molecular weight is 270 g/mol. The van der Waals surface area contributed by atoms with E-state index in [2.05, 4.69) is 5.32 Å². The van der Waals surface area contributed by atoms with Crippen molar-refractivity contribution in [3.05, 3.63) is 28.8 Å². The first-order valence-corrected chi connectivity index (χ1v) is 6.90. The zero-order chi connectivity index (χ0) is 13.0. The Morgan fingerprint density at radius 1 is 1.50 bits per heavy atom. The first-order chi connectivity index (χ1) is 8.70. The molecule has 0 amide bonds. The highest BCUT2D eigenvalue weighted by atomic mass is 35.5. The van der Waals surface area contributed by atoms with Crippen LogP contribution in [0.5, 0.6) is 5.75 Å². The third-order valence-corrected chi connectivity index (χ3v) is 3.40. The van der Waals surface area contributed by atoms with Gasteiger partial charge in [0.15, 0.2) is 0 Å². The van der Waals surface area contributed by atoms with E-state index in [4.69, 9.17) is 16.3 Å². The maximum atomic E-state index is 9.55. The number of hydrogen-bond acceptors (Lipinski definition) is 3. The van der Waals surface area contributed by atoms with E-state index in [1.165, 1.54) is 12.8 Å². The van der Waals surface area contributed by atoms with Gasteiger partial charge in [0.05, 0.1) is 11.1 Å². The molecular weight excluding hydrogens is 250 g/mol. The molecule has 1 aromatic carbocycles. The Bertz CT molecular complexity index is 393. The van der Waals surface area contributed by atoms with Crippen molar-refractivity contribution in [2.45, 2.75) is 44.9 Å². The molecule has 100 valence electrons. The van der Waals surface area contributed by atoms with Crippen molar-refractivity contribution >= 4 is 11.6 Å². The standard InChI is InChI=1S/C14H20ClNO2/c1-2-12(17)9-18-14-10(4-3-5-13(14)15)8-16-11-6-7-11/h3-5,11-12,16-17H,2,6-9H2,1H3. The second-order valence-electron chi connectivity index (χ2n) is 4.76. The highest BCUT2D eigenvalue weighted by molar-refractivity contribution is 6.32. The minimum Gasteiger partial charge on any atom is -0.489 e. The molecule has 0 aromatic heterocycles. The van der Waals surface area contributed by atoms with Crippen LogP contribution in [0.2, 0.25) is 5.02 Å². The predicted octanol–water partition coefficient (Wildman–Crippen LogP) is 2.74. The van der Waals surface area contributed by atoms with Gasteiger partial charge in [-0.3, -0.25) is 0 Å². The molecule has 1 aliphatic carbocycles. The van der Waals surface area contributed by atoms with Gasteiger partial charge in [0, 0.05) is 18.2 Å². The minimum atomic E-state index is -0.439. The van der Waals surface area contributed by atoms with Crippen LogP contribution in [0.15, 0.2) is 18.2 Å². The Morgan fingerprint density at radius 2 is 2.28 bits per heavy atom. The molecular formula is C14H20ClNO2. The Morgan fingerprint density at radius 3 is 2.94 bits per heavy atom. The topological polar surface area (TPSA) is 41.5 Å². The van der Waals surface area contributed by atoms with Crippen molar-refractivity contribution in [3.8, 4) is 5.75 Å². The number of nitrogens with one attached hydrogen (secondary N) is 1. The smallest absolute Gasteiger partial charge is 0.142 e. The molecule has 1 aromatic rings. The number of para-hydroxylation sites is 1. The molecule has 0 bridgehead atoms. The normalized spacial score (nSPS) is 16.6. The predicted molar refractivity (Wildman–Crippen MR) is 73.1 cm³/mol. The van der Waals surface area contributed by atoms with Crippen molar-refractivity contribution in [1.29, 1.82) is 0 Å². The van der Waals surface area contributed by atoms with E-state index >= 15 is 0 Å². The van der Waals surface area contributed by atoms with E-state index in [0.717, 1.165) is 12.1 Å². The molecule has 1 unspecified atom stereocenters. The molecule has 1 fully saturated rings. The van der Waals surface area contributed by atoms with E-state index < -0.39 is 6.10 Å². The number of benzene rings is 1. The molecule has 4 heteroatoms. The lowest BCUT2D eigenvalue weighted by Gasteiger charge is -2.15. The van der Waals surface area contributed by atoms with Gasteiger partial charge in [-0.05, 0) is 25.3 Å². The molecule has 1 atom stereocenters. The molecule has 2 rings (SSSR count). The fraction of sp³-hybridized carbons (Fsp3) is 0.571. The SMILES string of the molecule is CCC(O)COc1c(Cl)cccc1CNC1CC1. The molecule has 3 nitrogen and oxygen atoms in total. The maximum absolute atomic E-state index is 9.55. The van der Waals surface area contributed by atoms with Crippen LogP contribution in [0, 0.1) is 0 Å². The van der Waals surface area contributed by atoms with Crippen LogP contribution in [0.4, 0.5) is 0 Å². The third kappa shape index (κ3) is 3.87. The monoisotopic (exact) mass is 269 g/mol. The summed E-state index contributed by atoms with van der Waals surface area (Å²) >= 11 is 6.15. The summed E-state index contributed by atoms with van der Waals surface area (Å²) in [5.41, 5.74) is 1.05. The van der Waals surface area contributed by atoms with Gasteiger partial charge in [-0.2, -0.15) is 0 Å². The average Bonchev–Trinajstić information content (AvgIpc) is 3.18. The van der Waals surface area contributed by atoms with Crippen molar-refractivity contribution in [2.75, 3.05) is 6.61 Å². The Labute approximate surface area is 113 Å². The van der Waals surface area contributed by atoms with Gasteiger partial charge in [0.2, 0.25) is 0 Å². The first-order valence-electron chi connectivity index (χ1n) is 6.52. The summed E-state index contributed by atoms with van der Waals surface area (Å²) in [6.45, 7) is 2.98. The van der Waals surface area contributed by atoms with Gasteiger partial charge in [-0.1, -0.05) is 30.7 Å². The van der Waals surface area contributed by atoms with E-state index in [0.29, 0.717) is 23.2 Å². The molecule has 18 heavy (non-hydrogen) atoms. The molecule has 0 radical (unpaired) electrons. The Hall–Kier alpha value is -0.770. The number of aliphatic hydroxyl groups is 1. The summed E-state index contributed by atoms with van der Waals surface area (Å²) in [7, 11) is 0. The second kappa shape index (κ2) is 6.41. The largest absolute Gasteiger partial charge is 0.489 e. The third-order valence-electron chi connectivity index (χ3n) is 3.10. The molecule has 0 saturated heterocycles. The number of halogens is 1. The van der Waals surface area contributed by atoms with E-state index in [-0.39, 0.29) is 6.61 Å². The summed E-state index contributed by atoms with van der Waals surface area (Å²) in [5, 5.41) is 13.6. The molecule has 2 N–H and O–H groups in total. The lowest BCUT2D eigenvalue weighted by atomic mass is 10.2. The minimum absolute atomic E-state index is 0.288. The maximum Gasteiger partial charge on any atom is 0.142 e. The number of ether oxygens (including phenoxy) is 1. The first kappa shape index (κ1) is 13.7. The molecule has 0 heterocycles. The number of rotatable bonds is 7. The van der Waals surface area contributed by atoms with Crippen molar-refractivity contribution < 1.29 is 9.84 Å². The van der Waals surface area contributed by atoms with Crippen LogP contribution in [0.25, 0.3) is 0 Å². The number of hydrogen-bond donors (Lipinski definition) is 2. The van der Waals surface area contributed by atoms with E-state index in [1.54, 1.807) is 0 Å². The summed E-state index contributed by atoms with van der Waals surface area (Å²) in [4.78, 5) is 0. The van der Waals surface area contributed by atoms with Crippen LogP contribution in [-0.2, 0) is 6.54 Å². The Kier molecular flexibility index (Phi) is 4.87. The molecule has 1 saturated carbocycles. The Balaban J connectivity index is 1.99. The van der Waals surface area contributed by atoms with Crippen LogP contribution < -0.4 is 10.1 Å². The zero-order valence-corrected chi connectivity index (χ0v) is 11.4. The molecule has 1 aliphatic rings. The lowest BCUT2D eigenvalue weighted by Crippen LogP contribution is -2.19. The van der Waals surface area contributed by atoms with Gasteiger partial charge in [0.1, 0.15) is 12.4 Å². The molecule has 0 spiro atoms. The summed E-state index contributed by atoms with van der Waals surface area (Å²) in [6.07, 6.45) is 2.75. The highest BCUT2D eigenvalue weighted by Gasteiger charge is 2.21. The van der Waals surface area contributed by atoms with Crippen LogP contribution in [0.3, 0.4) is 0 Å².